The molecule has 1 atom stereocenters. The van der Waals surface area contributed by atoms with Crippen LogP contribution in [0.4, 0.5) is 0 Å². The van der Waals surface area contributed by atoms with Crippen molar-refractivity contribution in [3.8, 4) is 0 Å². The first-order valence-corrected chi connectivity index (χ1v) is 9.30. The number of aryl methyl sites for hydroxylation is 2. The van der Waals surface area contributed by atoms with Gasteiger partial charge in [-0.2, -0.15) is 5.10 Å². The molecule has 2 amide bonds. The number of rotatable bonds is 6. The number of piperazine rings is 1. The van der Waals surface area contributed by atoms with Gasteiger partial charge in [0.25, 0.3) is 0 Å². The number of carbonyl (C=O) groups excluding carboxylic acids is 2. The van der Waals surface area contributed by atoms with Gasteiger partial charge in [-0.05, 0) is 31.9 Å². The lowest BCUT2D eigenvalue weighted by molar-refractivity contribution is -0.137. The quantitative estimate of drug-likeness (QED) is 0.814. The van der Waals surface area contributed by atoms with Crippen LogP contribution in [0.2, 0.25) is 0 Å². The molecule has 7 heteroatoms. The molecule has 1 aliphatic heterocycles. The number of nitrogens with zero attached hydrogens (tertiary/aromatic N) is 4. The highest BCUT2D eigenvalue weighted by Crippen LogP contribution is 2.13. The van der Waals surface area contributed by atoms with Crippen LogP contribution in [0.15, 0.2) is 36.4 Å². The van der Waals surface area contributed by atoms with Crippen LogP contribution in [0.5, 0.6) is 0 Å². The molecule has 1 saturated heterocycles. The second-order valence-corrected chi connectivity index (χ2v) is 7.11. The molecule has 1 aromatic heterocycles. The van der Waals surface area contributed by atoms with Crippen LogP contribution in [0.25, 0.3) is 0 Å². The van der Waals surface area contributed by atoms with Crippen LogP contribution >= 0.6 is 0 Å². The number of hydrogen-bond acceptors (Lipinski definition) is 4. The molecular weight excluding hydrogens is 342 g/mol. The Hall–Kier alpha value is -2.67. The zero-order chi connectivity index (χ0) is 19.4. The molecule has 0 spiro atoms. The SMILES string of the molecule is Cc1cc(C)n(CC(=O)N2CCN(CCc3ccccc3)[C@H](C(N)=O)C2)n1. The van der Waals surface area contributed by atoms with Crippen LogP contribution in [-0.2, 0) is 22.6 Å². The van der Waals surface area contributed by atoms with E-state index in [-0.39, 0.29) is 18.4 Å². The van der Waals surface area contributed by atoms with E-state index < -0.39 is 6.04 Å². The van der Waals surface area contributed by atoms with Crippen molar-refractivity contribution < 1.29 is 9.59 Å². The summed E-state index contributed by atoms with van der Waals surface area (Å²) in [6.45, 7) is 6.35. The van der Waals surface area contributed by atoms with Gasteiger partial charge in [-0.1, -0.05) is 30.3 Å². The Labute approximate surface area is 159 Å². The molecule has 27 heavy (non-hydrogen) atoms. The normalized spacial score (nSPS) is 17.9. The number of aromatic nitrogens is 2. The first-order chi connectivity index (χ1) is 12.9. The van der Waals surface area contributed by atoms with Gasteiger partial charge in [0.05, 0.1) is 5.69 Å². The molecule has 2 heterocycles. The summed E-state index contributed by atoms with van der Waals surface area (Å²) in [7, 11) is 0. The fraction of sp³-hybridized carbons (Fsp3) is 0.450. The fourth-order valence-electron chi connectivity index (χ4n) is 3.57. The first kappa shape index (κ1) is 19.1. The number of hydrogen-bond donors (Lipinski definition) is 1. The lowest BCUT2D eigenvalue weighted by atomic mass is 10.1. The average Bonchev–Trinajstić information content (AvgIpc) is 2.97. The molecule has 144 valence electrons. The van der Waals surface area contributed by atoms with E-state index in [0.717, 1.165) is 24.4 Å². The van der Waals surface area contributed by atoms with E-state index in [0.29, 0.717) is 19.6 Å². The van der Waals surface area contributed by atoms with E-state index in [1.165, 1.54) is 5.56 Å². The number of benzene rings is 1. The highest BCUT2D eigenvalue weighted by atomic mass is 16.2. The standard InChI is InChI=1S/C20H27N5O2/c1-15-12-16(2)25(22-15)14-19(26)24-11-10-23(18(13-24)20(21)27)9-8-17-6-4-3-5-7-17/h3-7,12,18H,8-11,13-14H2,1-2H3,(H2,21,27)/t18-/m0/s1. The van der Waals surface area contributed by atoms with E-state index in [1.54, 1.807) is 9.58 Å². The zero-order valence-corrected chi connectivity index (χ0v) is 16.0. The predicted molar refractivity (Wildman–Crippen MR) is 103 cm³/mol. The molecule has 1 aromatic carbocycles. The minimum atomic E-state index is -0.452. The molecule has 0 unspecified atom stereocenters. The summed E-state index contributed by atoms with van der Waals surface area (Å²) < 4.78 is 1.71. The molecule has 2 aromatic rings. The molecule has 0 radical (unpaired) electrons. The Morgan fingerprint density at radius 2 is 1.93 bits per heavy atom. The van der Waals surface area contributed by atoms with Gasteiger partial charge in [-0.25, -0.2) is 0 Å². The van der Waals surface area contributed by atoms with Crippen molar-refractivity contribution in [1.29, 1.82) is 0 Å². The molecule has 0 aliphatic carbocycles. The zero-order valence-electron chi connectivity index (χ0n) is 16.0. The second-order valence-electron chi connectivity index (χ2n) is 7.11. The summed E-state index contributed by atoms with van der Waals surface area (Å²) in [6, 6.07) is 11.7. The summed E-state index contributed by atoms with van der Waals surface area (Å²) in [4.78, 5) is 28.5. The van der Waals surface area contributed by atoms with E-state index in [2.05, 4.69) is 22.1 Å². The van der Waals surface area contributed by atoms with Gasteiger partial charge in [0.15, 0.2) is 0 Å². The first-order valence-electron chi connectivity index (χ1n) is 9.30. The highest BCUT2D eigenvalue weighted by molar-refractivity contribution is 5.82. The Morgan fingerprint density at radius 1 is 1.19 bits per heavy atom. The van der Waals surface area contributed by atoms with Gasteiger partial charge in [-0.15, -0.1) is 0 Å². The summed E-state index contributed by atoms with van der Waals surface area (Å²) in [5, 5.41) is 4.34. The van der Waals surface area contributed by atoms with Gasteiger partial charge >= 0.3 is 0 Å². The monoisotopic (exact) mass is 369 g/mol. The molecule has 7 nitrogen and oxygen atoms in total. The maximum atomic E-state index is 12.7. The molecule has 2 N–H and O–H groups in total. The largest absolute Gasteiger partial charge is 0.368 e. The van der Waals surface area contributed by atoms with E-state index in [9.17, 15) is 9.59 Å². The Balaban J connectivity index is 1.60. The van der Waals surface area contributed by atoms with Crippen molar-refractivity contribution in [2.75, 3.05) is 26.2 Å². The lowest BCUT2D eigenvalue weighted by Crippen LogP contribution is -2.60. The van der Waals surface area contributed by atoms with Gasteiger partial charge in [0, 0.05) is 31.9 Å². The maximum Gasteiger partial charge on any atom is 0.244 e. The summed E-state index contributed by atoms with van der Waals surface area (Å²) in [5.41, 5.74) is 8.70. The van der Waals surface area contributed by atoms with Crippen molar-refractivity contribution in [3.05, 3.63) is 53.3 Å². The minimum absolute atomic E-state index is 0.0323. The van der Waals surface area contributed by atoms with Crippen LogP contribution in [0.1, 0.15) is 17.0 Å². The maximum absolute atomic E-state index is 12.7. The van der Waals surface area contributed by atoms with Crippen LogP contribution in [0, 0.1) is 13.8 Å². The van der Waals surface area contributed by atoms with Crippen molar-refractivity contribution in [3.63, 3.8) is 0 Å². The molecule has 3 rings (SSSR count). The summed E-state index contributed by atoms with van der Waals surface area (Å²) in [6.07, 6.45) is 0.852. The third-order valence-electron chi connectivity index (χ3n) is 5.09. The summed E-state index contributed by atoms with van der Waals surface area (Å²) in [5.74, 6) is -0.415. The lowest BCUT2D eigenvalue weighted by Gasteiger charge is -2.40. The smallest absolute Gasteiger partial charge is 0.244 e. The van der Waals surface area contributed by atoms with Crippen molar-refractivity contribution >= 4 is 11.8 Å². The number of amides is 2. The summed E-state index contributed by atoms with van der Waals surface area (Å²) >= 11 is 0. The van der Waals surface area contributed by atoms with Crippen molar-refractivity contribution in [2.45, 2.75) is 32.9 Å². The minimum Gasteiger partial charge on any atom is -0.368 e. The van der Waals surface area contributed by atoms with Crippen molar-refractivity contribution in [1.82, 2.24) is 19.6 Å². The highest BCUT2D eigenvalue weighted by Gasteiger charge is 2.32. The van der Waals surface area contributed by atoms with Crippen LogP contribution < -0.4 is 5.73 Å². The van der Waals surface area contributed by atoms with Gasteiger partial charge < -0.3 is 10.6 Å². The molecular formula is C20H27N5O2. The van der Waals surface area contributed by atoms with Gasteiger partial charge in [0.1, 0.15) is 12.6 Å². The molecule has 0 bridgehead atoms. The molecule has 1 aliphatic rings. The van der Waals surface area contributed by atoms with Gasteiger partial charge in [-0.3, -0.25) is 19.2 Å². The topological polar surface area (TPSA) is 84.5 Å². The molecule has 1 fully saturated rings. The van der Waals surface area contributed by atoms with E-state index in [4.69, 9.17) is 5.73 Å². The number of nitrogens with two attached hydrogens (primary N) is 1. The Morgan fingerprint density at radius 3 is 2.56 bits per heavy atom. The second kappa shape index (κ2) is 8.35. The third kappa shape index (κ3) is 4.74. The molecule has 0 saturated carbocycles. The number of carbonyl (C=O) groups is 2. The van der Waals surface area contributed by atoms with Crippen LogP contribution in [-0.4, -0.2) is 63.6 Å². The number of primary amides is 1. The predicted octanol–water partition coefficient (Wildman–Crippen LogP) is 0.741. The Kier molecular flexibility index (Phi) is 5.91. The average molecular weight is 369 g/mol. The van der Waals surface area contributed by atoms with Crippen LogP contribution in [0.3, 0.4) is 0 Å². The van der Waals surface area contributed by atoms with Gasteiger partial charge in [0.2, 0.25) is 11.8 Å². The van der Waals surface area contributed by atoms with E-state index >= 15 is 0 Å². The third-order valence-corrected chi connectivity index (χ3v) is 5.09. The fourth-order valence-corrected chi connectivity index (χ4v) is 3.57. The van der Waals surface area contributed by atoms with Crippen molar-refractivity contribution in [2.24, 2.45) is 5.73 Å². The Bertz CT molecular complexity index is 802. The van der Waals surface area contributed by atoms with E-state index in [1.807, 2.05) is 38.1 Å².